The summed E-state index contributed by atoms with van der Waals surface area (Å²) in [6, 6.07) is 3.62. The van der Waals surface area contributed by atoms with Crippen molar-refractivity contribution in [1.29, 1.82) is 0 Å². The van der Waals surface area contributed by atoms with Crippen LogP contribution < -0.4 is 0 Å². The summed E-state index contributed by atoms with van der Waals surface area (Å²) in [6.45, 7) is 7.39. The number of rotatable bonds is 3. The van der Waals surface area contributed by atoms with Gasteiger partial charge in [0.05, 0.1) is 18.8 Å². The van der Waals surface area contributed by atoms with E-state index in [1.165, 1.54) is 12.1 Å². The summed E-state index contributed by atoms with van der Waals surface area (Å²) < 4.78 is 46.1. The molecule has 0 atom stereocenters. The standard InChI is InChI=1S/C17H24F2O3Si/c1-23(2,3)22-16(14-12-13(18)4-5-15(14)19)6-8-17(9-7-16)20-10-11-21-17/h4-5,12H,6-11H2,1-3H3. The third kappa shape index (κ3) is 3.50. The Labute approximate surface area is 137 Å². The van der Waals surface area contributed by atoms with Crippen LogP contribution in [0.5, 0.6) is 0 Å². The molecule has 3 rings (SSSR count). The second-order valence-corrected chi connectivity index (χ2v) is 11.9. The minimum Gasteiger partial charge on any atom is -0.408 e. The Hall–Kier alpha value is -0.823. The molecule has 0 unspecified atom stereocenters. The molecule has 1 spiro atoms. The number of halogens is 2. The fourth-order valence-electron chi connectivity index (χ4n) is 3.68. The van der Waals surface area contributed by atoms with Crippen LogP contribution in [-0.4, -0.2) is 27.3 Å². The van der Waals surface area contributed by atoms with Gasteiger partial charge in [0.1, 0.15) is 11.6 Å². The average Bonchev–Trinajstić information content (AvgIpc) is 2.92. The first-order chi connectivity index (χ1) is 10.7. The SMILES string of the molecule is C[Si](C)(C)OC1(c2cc(F)ccc2F)CCC2(CC1)OCCO2. The van der Waals surface area contributed by atoms with E-state index in [1.807, 2.05) is 0 Å². The van der Waals surface area contributed by atoms with Crippen LogP contribution in [0.2, 0.25) is 19.6 Å². The van der Waals surface area contributed by atoms with Crippen molar-refractivity contribution < 1.29 is 22.7 Å². The number of hydrogen-bond donors (Lipinski definition) is 0. The van der Waals surface area contributed by atoms with Crippen molar-refractivity contribution in [3.05, 3.63) is 35.4 Å². The second kappa shape index (κ2) is 5.92. The molecule has 1 heterocycles. The second-order valence-electron chi connectivity index (χ2n) is 7.44. The third-order valence-electron chi connectivity index (χ3n) is 4.55. The molecular weight excluding hydrogens is 318 g/mol. The van der Waals surface area contributed by atoms with Gasteiger partial charge in [-0.05, 0) is 50.7 Å². The molecule has 1 aromatic rings. The molecule has 0 bridgehead atoms. The van der Waals surface area contributed by atoms with Crippen LogP contribution in [0.1, 0.15) is 31.2 Å². The summed E-state index contributed by atoms with van der Waals surface area (Å²) in [6.07, 6.45) is 2.40. The summed E-state index contributed by atoms with van der Waals surface area (Å²) in [4.78, 5) is 0. The van der Waals surface area contributed by atoms with Crippen LogP contribution in [0.4, 0.5) is 8.78 Å². The van der Waals surface area contributed by atoms with Gasteiger partial charge in [-0.2, -0.15) is 0 Å². The molecule has 0 aromatic heterocycles. The molecule has 3 nitrogen and oxygen atoms in total. The topological polar surface area (TPSA) is 27.7 Å². The van der Waals surface area contributed by atoms with E-state index in [-0.39, 0.29) is 0 Å². The van der Waals surface area contributed by atoms with Gasteiger partial charge >= 0.3 is 0 Å². The molecule has 2 aliphatic rings. The van der Waals surface area contributed by atoms with Gasteiger partial charge < -0.3 is 13.9 Å². The highest BCUT2D eigenvalue weighted by Crippen LogP contribution is 2.49. The molecule has 1 aliphatic carbocycles. The van der Waals surface area contributed by atoms with Gasteiger partial charge in [0.2, 0.25) is 0 Å². The van der Waals surface area contributed by atoms with E-state index >= 15 is 0 Å². The summed E-state index contributed by atoms with van der Waals surface area (Å²) in [5, 5.41) is 0. The van der Waals surface area contributed by atoms with E-state index in [4.69, 9.17) is 13.9 Å². The molecule has 23 heavy (non-hydrogen) atoms. The average molecular weight is 342 g/mol. The molecule has 0 amide bonds. The fraction of sp³-hybridized carbons (Fsp3) is 0.647. The molecule has 2 fully saturated rings. The van der Waals surface area contributed by atoms with Crippen molar-refractivity contribution in [2.24, 2.45) is 0 Å². The van der Waals surface area contributed by atoms with Gasteiger partial charge in [-0.3, -0.25) is 0 Å². The zero-order valence-corrected chi connectivity index (χ0v) is 15.0. The summed E-state index contributed by atoms with van der Waals surface area (Å²) in [5.74, 6) is -1.40. The molecule has 0 radical (unpaired) electrons. The van der Waals surface area contributed by atoms with Crippen LogP contribution in [0, 0.1) is 11.6 Å². The minimum atomic E-state index is -1.96. The lowest BCUT2D eigenvalue weighted by atomic mass is 9.77. The smallest absolute Gasteiger partial charge is 0.184 e. The van der Waals surface area contributed by atoms with Gasteiger partial charge in [0.25, 0.3) is 0 Å². The van der Waals surface area contributed by atoms with Gasteiger partial charge in [0, 0.05) is 18.4 Å². The van der Waals surface area contributed by atoms with Gasteiger partial charge in [-0.15, -0.1) is 0 Å². The van der Waals surface area contributed by atoms with Crippen molar-refractivity contribution in [3.8, 4) is 0 Å². The number of hydrogen-bond acceptors (Lipinski definition) is 3. The van der Waals surface area contributed by atoms with Gasteiger partial charge in [-0.1, -0.05) is 0 Å². The van der Waals surface area contributed by atoms with Crippen LogP contribution >= 0.6 is 0 Å². The maximum Gasteiger partial charge on any atom is 0.184 e. The summed E-state index contributed by atoms with van der Waals surface area (Å²) >= 11 is 0. The third-order valence-corrected chi connectivity index (χ3v) is 5.56. The molecule has 1 aliphatic heterocycles. The van der Waals surface area contributed by atoms with E-state index in [0.717, 1.165) is 6.07 Å². The van der Waals surface area contributed by atoms with E-state index in [0.29, 0.717) is 44.5 Å². The van der Waals surface area contributed by atoms with Gasteiger partial charge in [0.15, 0.2) is 14.1 Å². The molecule has 1 aromatic carbocycles. The van der Waals surface area contributed by atoms with E-state index in [2.05, 4.69) is 19.6 Å². The maximum absolute atomic E-state index is 14.4. The van der Waals surface area contributed by atoms with Crippen LogP contribution in [0.15, 0.2) is 18.2 Å². The number of ether oxygens (including phenoxy) is 2. The highest BCUT2D eigenvalue weighted by Gasteiger charge is 2.50. The van der Waals surface area contributed by atoms with Crippen LogP contribution in [0.25, 0.3) is 0 Å². The first kappa shape index (κ1) is 17.0. The first-order valence-electron chi connectivity index (χ1n) is 8.17. The highest BCUT2D eigenvalue weighted by molar-refractivity contribution is 6.69. The Morgan fingerprint density at radius 1 is 1.00 bits per heavy atom. The minimum absolute atomic E-state index is 0.327. The molecular formula is C17H24F2O3Si. The Kier molecular flexibility index (Phi) is 4.38. The Morgan fingerprint density at radius 2 is 1.61 bits per heavy atom. The Morgan fingerprint density at radius 3 is 2.17 bits per heavy atom. The molecule has 0 N–H and O–H groups in total. The van der Waals surface area contributed by atoms with E-state index in [1.54, 1.807) is 0 Å². The monoisotopic (exact) mass is 342 g/mol. The largest absolute Gasteiger partial charge is 0.408 e. The van der Waals surface area contributed by atoms with Crippen LogP contribution in [-0.2, 0) is 19.5 Å². The highest BCUT2D eigenvalue weighted by atomic mass is 28.4. The van der Waals surface area contributed by atoms with Crippen molar-refractivity contribution in [2.45, 2.75) is 56.7 Å². The summed E-state index contributed by atoms with van der Waals surface area (Å²) in [7, 11) is -1.96. The van der Waals surface area contributed by atoms with Crippen LogP contribution in [0.3, 0.4) is 0 Å². The quantitative estimate of drug-likeness (QED) is 0.765. The molecule has 6 heteroatoms. The van der Waals surface area contributed by atoms with Crippen molar-refractivity contribution in [2.75, 3.05) is 13.2 Å². The molecule has 128 valence electrons. The first-order valence-corrected chi connectivity index (χ1v) is 11.6. The van der Waals surface area contributed by atoms with E-state index in [9.17, 15) is 8.78 Å². The molecule has 1 saturated carbocycles. The van der Waals surface area contributed by atoms with Crippen molar-refractivity contribution in [3.63, 3.8) is 0 Å². The predicted octanol–water partition coefficient (Wildman–Crippen LogP) is 4.33. The summed E-state index contributed by atoms with van der Waals surface area (Å²) in [5.41, 5.74) is -0.468. The lowest BCUT2D eigenvalue weighted by Gasteiger charge is -2.46. The Bertz CT molecular complexity index is 570. The van der Waals surface area contributed by atoms with Gasteiger partial charge in [-0.25, -0.2) is 8.78 Å². The normalized spacial score (nSPS) is 23.3. The zero-order valence-electron chi connectivity index (χ0n) is 14.0. The van der Waals surface area contributed by atoms with Crippen molar-refractivity contribution in [1.82, 2.24) is 0 Å². The lowest BCUT2D eigenvalue weighted by Crippen LogP contribution is -2.48. The fourth-order valence-corrected chi connectivity index (χ4v) is 5.17. The van der Waals surface area contributed by atoms with E-state index < -0.39 is 31.3 Å². The Balaban J connectivity index is 1.94. The molecule has 1 saturated heterocycles. The lowest BCUT2D eigenvalue weighted by molar-refractivity contribution is -0.201. The zero-order chi connectivity index (χ0) is 16.7. The van der Waals surface area contributed by atoms with Crippen molar-refractivity contribution >= 4 is 8.32 Å². The maximum atomic E-state index is 14.4. The number of benzene rings is 1. The predicted molar refractivity (Wildman–Crippen MR) is 85.6 cm³/mol.